The van der Waals surface area contributed by atoms with Crippen molar-refractivity contribution < 1.29 is 28.3 Å². The summed E-state index contributed by atoms with van der Waals surface area (Å²) < 4.78 is 15.8. The fourth-order valence-corrected chi connectivity index (χ4v) is 3.90. The second kappa shape index (κ2) is 8.06. The number of morpholine rings is 1. The average molecular weight is 414 g/mol. The van der Waals surface area contributed by atoms with Gasteiger partial charge in [-0.05, 0) is 24.3 Å². The van der Waals surface area contributed by atoms with E-state index < -0.39 is 11.9 Å². The molecule has 1 aliphatic rings. The molecule has 150 valence electrons. The lowest BCUT2D eigenvalue weighted by Crippen LogP contribution is -2.40. The van der Waals surface area contributed by atoms with E-state index in [0.29, 0.717) is 52.7 Å². The van der Waals surface area contributed by atoms with Crippen LogP contribution in [0.1, 0.15) is 29.9 Å². The van der Waals surface area contributed by atoms with Gasteiger partial charge in [-0.2, -0.15) is 0 Å². The van der Waals surface area contributed by atoms with Gasteiger partial charge >= 0.3 is 5.97 Å². The largest absolute Gasteiger partial charge is 0.465 e. The number of amides is 2. The van der Waals surface area contributed by atoms with Crippen molar-refractivity contribution in [1.29, 1.82) is 0 Å². The van der Waals surface area contributed by atoms with Crippen LogP contribution in [0.5, 0.6) is 0 Å². The zero-order chi connectivity index (χ0) is 20.4. The van der Waals surface area contributed by atoms with Gasteiger partial charge in [0, 0.05) is 18.5 Å². The Labute approximate surface area is 170 Å². The van der Waals surface area contributed by atoms with Crippen LogP contribution < -0.4 is 5.32 Å². The van der Waals surface area contributed by atoms with Gasteiger partial charge in [-0.25, -0.2) is 4.79 Å². The van der Waals surface area contributed by atoms with E-state index in [-0.39, 0.29) is 11.7 Å². The van der Waals surface area contributed by atoms with Gasteiger partial charge in [0.05, 0.1) is 25.2 Å². The van der Waals surface area contributed by atoms with E-state index in [1.54, 1.807) is 29.2 Å². The number of nitrogens with zero attached hydrogens (tertiary/aromatic N) is 1. The molecule has 0 bridgehead atoms. The molecular formula is C20H18N2O6S. The van der Waals surface area contributed by atoms with Crippen LogP contribution in [-0.2, 0) is 9.47 Å². The van der Waals surface area contributed by atoms with Gasteiger partial charge < -0.3 is 24.1 Å². The third-order valence-corrected chi connectivity index (χ3v) is 5.61. The topological polar surface area (TPSA) is 98.1 Å². The van der Waals surface area contributed by atoms with Crippen molar-refractivity contribution in [2.24, 2.45) is 0 Å². The second-order valence-corrected chi connectivity index (χ2v) is 7.40. The summed E-state index contributed by atoms with van der Waals surface area (Å²) in [5.74, 6) is -1.17. The van der Waals surface area contributed by atoms with E-state index in [4.69, 9.17) is 9.15 Å². The summed E-state index contributed by atoms with van der Waals surface area (Å²) in [5.41, 5.74) is 0.816. The van der Waals surface area contributed by atoms with Crippen LogP contribution in [0, 0.1) is 0 Å². The zero-order valence-corrected chi connectivity index (χ0v) is 16.4. The summed E-state index contributed by atoms with van der Waals surface area (Å²) >= 11 is 1.01. The Hall–Kier alpha value is -3.17. The summed E-state index contributed by atoms with van der Waals surface area (Å²) in [6.45, 7) is 1.83. The van der Waals surface area contributed by atoms with Crippen LogP contribution in [0.15, 0.2) is 40.8 Å². The molecule has 0 spiro atoms. The van der Waals surface area contributed by atoms with E-state index in [0.717, 1.165) is 11.3 Å². The number of benzene rings is 1. The molecule has 1 saturated heterocycles. The minimum atomic E-state index is -0.508. The van der Waals surface area contributed by atoms with Crippen LogP contribution >= 0.6 is 11.3 Å². The molecule has 3 heterocycles. The van der Waals surface area contributed by atoms with Crippen LogP contribution in [0.3, 0.4) is 0 Å². The number of nitrogens with one attached hydrogen (secondary N) is 1. The first-order valence-electron chi connectivity index (χ1n) is 8.96. The number of rotatable bonds is 4. The van der Waals surface area contributed by atoms with E-state index in [1.165, 1.54) is 19.2 Å². The highest BCUT2D eigenvalue weighted by Crippen LogP contribution is 2.33. The summed E-state index contributed by atoms with van der Waals surface area (Å²) in [4.78, 5) is 39.7. The van der Waals surface area contributed by atoms with Crippen LogP contribution in [-0.4, -0.2) is 56.1 Å². The normalized spacial score (nSPS) is 14.0. The Morgan fingerprint density at radius 1 is 1.07 bits per heavy atom. The fraction of sp³-hybridized carbons (Fsp3) is 0.250. The number of methoxy groups -OCH3 is 1. The quantitative estimate of drug-likeness (QED) is 0.659. The first kappa shape index (κ1) is 19.2. The number of para-hydroxylation sites is 1. The maximum Gasteiger partial charge on any atom is 0.348 e. The van der Waals surface area contributed by atoms with Gasteiger partial charge in [-0.1, -0.05) is 12.1 Å². The minimum absolute atomic E-state index is 0.0752. The maximum absolute atomic E-state index is 13.0. The molecule has 29 heavy (non-hydrogen) atoms. The summed E-state index contributed by atoms with van der Waals surface area (Å²) in [5, 5.41) is 3.41. The minimum Gasteiger partial charge on any atom is -0.465 e. The molecule has 8 nitrogen and oxygen atoms in total. The van der Waals surface area contributed by atoms with Crippen molar-refractivity contribution in [2.75, 3.05) is 38.7 Å². The monoisotopic (exact) mass is 414 g/mol. The van der Waals surface area contributed by atoms with Gasteiger partial charge in [0.2, 0.25) is 5.76 Å². The maximum atomic E-state index is 13.0. The molecule has 1 aromatic carbocycles. The van der Waals surface area contributed by atoms with Crippen LogP contribution in [0.2, 0.25) is 0 Å². The average Bonchev–Trinajstić information content (AvgIpc) is 3.39. The van der Waals surface area contributed by atoms with Crippen molar-refractivity contribution >= 4 is 45.8 Å². The fourth-order valence-electron chi connectivity index (χ4n) is 3.08. The number of carbonyl (C=O) groups is 3. The van der Waals surface area contributed by atoms with Gasteiger partial charge in [-0.15, -0.1) is 11.3 Å². The molecule has 2 aromatic heterocycles. The summed E-state index contributed by atoms with van der Waals surface area (Å²) in [7, 11) is 1.28. The van der Waals surface area contributed by atoms with Gasteiger partial charge in [-0.3, -0.25) is 9.59 Å². The highest BCUT2D eigenvalue weighted by molar-refractivity contribution is 7.16. The van der Waals surface area contributed by atoms with E-state index in [9.17, 15) is 14.4 Å². The Balaban J connectivity index is 1.66. The molecule has 1 N–H and O–H groups in total. The highest BCUT2D eigenvalue weighted by Gasteiger charge is 2.28. The molecule has 1 fully saturated rings. The van der Waals surface area contributed by atoms with Crippen molar-refractivity contribution in [2.45, 2.75) is 0 Å². The lowest BCUT2D eigenvalue weighted by Gasteiger charge is -2.26. The molecule has 0 unspecified atom stereocenters. The van der Waals surface area contributed by atoms with E-state index >= 15 is 0 Å². The zero-order valence-electron chi connectivity index (χ0n) is 15.6. The Bertz CT molecular complexity index is 1080. The number of esters is 1. The molecule has 3 aromatic rings. The van der Waals surface area contributed by atoms with Gasteiger partial charge in [0.15, 0.2) is 0 Å². The number of furan rings is 1. The lowest BCUT2D eigenvalue weighted by molar-refractivity contribution is 0.0285. The number of anilines is 1. The predicted molar refractivity (Wildman–Crippen MR) is 107 cm³/mol. The van der Waals surface area contributed by atoms with Crippen molar-refractivity contribution in [1.82, 2.24) is 4.90 Å². The Morgan fingerprint density at radius 3 is 2.55 bits per heavy atom. The third kappa shape index (κ3) is 3.74. The molecule has 0 radical (unpaired) electrons. The SMILES string of the molecule is COC(=O)c1ccc(C(=O)Nc2c(C(=O)N3CCOCC3)oc3ccccc23)s1. The highest BCUT2D eigenvalue weighted by atomic mass is 32.1. The molecule has 0 atom stereocenters. The molecule has 4 rings (SSSR count). The Morgan fingerprint density at radius 2 is 1.79 bits per heavy atom. The van der Waals surface area contributed by atoms with E-state index in [1.807, 2.05) is 0 Å². The summed E-state index contributed by atoms with van der Waals surface area (Å²) in [6.07, 6.45) is 0. The third-order valence-electron chi connectivity index (χ3n) is 4.54. The molecule has 1 aliphatic heterocycles. The van der Waals surface area contributed by atoms with E-state index in [2.05, 4.69) is 10.1 Å². The molecule has 0 aliphatic carbocycles. The van der Waals surface area contributed by atoms with Crippen LogP contribution in [0.25, 0.3) is 11.0 Å². The van der Waals surface area contributed by atoms with Crippen LogP contribution in [0.4, 0.5) is 5.69 Å². The Kier molecular flexibility index (Phi) is 5.32. The van der Waals surface area contributed by atoms with Crippen molar-refractivity contribution in [3.63, 3.8) is 0 Å². The summed E-state index contributed by atoms with van der Waals surface area (Å²) in [6, 6.07) is 10.2. The second-order valence-electron chi connectivity index (χ2n) is 6.32. The number of hydrogen-bond donors (Lipinski definition) is 1. The molecule has 9 heteroatoms. The van der Waals surface area contributed by atoms with Gasteiger partial charge in [0.1, 0.15) is 16.1 Å². The standard InChI is InChI=1S/C20H18N2O6S/c1-26-20(25)15-7-6-14(29-15)18(23)21-16-12-4-2-3-5-13(12)28-17(16)19(24)22-8-10-27-11-9-22/h2-7H,8-11H2,1H3,(H,21,23). The smallest absolute Gasteiger partial charge is 0.348 e. The van der Waals surface area contributed by atoms with Crippen molar-refractivity contribution in [3.05, 3.63) is 51.9 Å². The first-order valence-corrected chi connectivity index (χ1v) is 9.78. The molecule has 0 saturated carbocycles. The van der Waals surface area contributed by atoms with Crippen molar-refractivity contribution in [3.8, 4) is 0 Å². The van der Waals surface area contributed by atoms with Gasteiger partial charge in [0.25, 0.3) is 11.8 Å². The molecular weight excluding hydrogens is 396 g/mol. The number of carbonyl (C=O) groups excluding carboxylic acids is 3. The number of thiophene rings is 1. The molecule has 2 amide bonds. The predicted octanol–water partition coefficient (Wildman–Crippen LogP) is 3.01. The number of hydrogen-bond acceptors (Lipinski definition) is 7. The number of ether oxygens (including phenoxy) is 2. The number of fused-ring (bicyclic) bond motifs is 1. The first-order chi connectivity index (χ1) is 14.1. The lowest BCUT2D eigenvalue weighted by atomic mass is 10.2.